The highest BCUT2D eigenvalue weighted by Gasteiger charge is 2.16. The molecule has 1 aromatic carbocycles. The van der Waals surface area contributed by atoms with Gasteiger partial charge in [-0.05, 0) is 37.5 Å². The van der Waals surface area contributed by atoms with Gasteiger partial charge < -0.3 is 9.73 Å². The van der Waals surface area contributed by atoms with Crippen LogP contribution in [0.25, 0.3) is 11.1 Å². The summed E-state index contributed by atoms with van der Waals surface area (Å²) < 4.78 is 5.35. The van der Waals surface area contributed by atoms with Crippen LogP contribution in [0.2, 0.25) is 0 Å². The zero-order valence-corrected chi connectivity index (χ0v) is 11.4. The maximum atomic E-state index is 5.35. The van der Waals surface area contributed by atoms with E-state index in [1.807, 2.05) is 6.07 Å². The predicted molar refractivity (Wildman–Crippen MR) is 76.2 cm³/mol. The van der Waals surface area contributed by atoms with Crippen LogP contribution < -0.4 is 5.32 Å². The Morgan fingerprint density at radius 2 is 2.21 bits per heavy atom. The minimum atomic E-state index is 0.646. The summed E-state index contributed by atoms with van der Waals surface area (Å²) in [6.45, 7) is 6.91. The minimum absolute atomic E-state index is 0.646. The Bertz CT molecular complexity index is 531. The first-order chi connectivity index (χ1) is 9.33. The fraction of sp³-hybridized carbons (Fsp3) is 0.533. The molecule has 4 nitrogen and oxygen atoms in total. The van der Waals surface area contributed by atoms with Crippen LogP contribution in [0.1, 0.15) is 18.9 Å². The van der Waals surface area contributed by atoms with Crippen molar-refractivity contribution in [2.24, 2.45) is 0 Å². The first-order valence-electron chi connectivity index (χ1n) is 7.10. The van der Waals surface area contributed by atoms with Gasteiger partial charge in [0.25, 0.3) is 0 Å². The highest BCUT2D eigenvalue weighted by molar-refractivity contribution is 5.72. The second kappa shape index (κ2) is 5.72. The second-order valence-corrected chi connectivity index (χ2v) is 5.33. The lowest BCUT2D eigenvalue weighted by atomic mass is 10.0. The zero-order chi connectivity index (χ0) is 13.1. The molecule has 1 atom stereocenters. The van der Waals surface area contributed by atoms with Crippen molar-refractivity contribution < 1.29 is 4.42 Å². The summed E-state index contributed by atoms with van der Waals surface area (Å²) in [7, 11) is 0. The molecule has 1 N–H and O–H groups in total. The Labute approximate surface area is 113 Å². The fourth-order valence-electron chi connectivity index (χ4n) is 2.74. The summed E-state index contributed by atoms with van der Waals surface area (Å²) in [4.78, 5) is 6.72. The highest BCUT2D eigenvalue weighted by atomic mass is 16.3. The average molecular weight is 259 g/mol. The van der Waals surface area contributed by atoms with E-state index >= 15 is 0 Å². The van der Waals surface area contributed by atoms with Gasteiger partial charge in [0, 0.05) is 32.2 Å². The normalized spacial score (nSPS) is 18.8. The molecule has 1 aliphatic rings. The fourth-order valence-corrected chi connectivity index (χ4v) is 2.74. The Hall–Kier alpha value is -1.39. The SMILES string of the molecule is CC(CCc1ccc2ncoc2c1)N1CCNCC1. The molecule has 19 heavy (non-hydrogen) atoms. The number of fused-ring (bicyclic) bond motifs is 1. The molecule has 0 amide bonds. The van der Waals surface area contributed by atoms with Crippen LogP contribution in [0.5, 0.6) is 0 Å². The van der Waals surface area contributed by atoms with E-state index in [9.17, 15) is 0 Å². The van der Waals surface area contributed by atoms with E-state index in [-0.39, 0.29) is 0 Å². The molecule has 1 unspecified atom stereocenters. The van der Waals surface area contributed by atoms with Crippen molar-refractivity contribution >= 4 is 11.1 Å². The van der Waals surface area contributed by atoms with Crippen molar-refractivity contribution in [3.8, 4) is 0 Å². The van der Waals surface area contributed by atoms with E-state index in [4.69, 9.17) is 4.42 Å². The number of nitrogens with one attached hydrogen (secondary N) is 1. The third-order valence-electron chi connectivity index (χ3n) is 4.02. The molecule has 0 saturated carbocycles. The Morgan fingerprint density at radius 1 is 1.37 bits per heavy atom. The standard InChI is InChI=1S/C15H21N3O/c1-12(18-8-6-16-7-9-18)2-3-13-4-5-14-15(10-13)19-11-17-14/h4-5,10-12,16H,2-3,6-9H2,1H3. The molecule has 1 fully saturated rings. The summed E-state index contributed by atoms with van der Waals surface area (Å²) in [5, 5.41) is 3.40. The van der Waals surface area contributed by atoms with Gasteiger partial charge in [0.2, 0.25) is 0 Å². The smallest absolute Gasteiger partial charge is 0.181 e. The molecular formula is C15H21N3O. The van der Waals surface area contributed by atoms with Crippen molar-refractivity contribution in [1.29, 1.82) is 0 Å². The molecular weight excluding hydrogens is 238 g/mol. The number of hydrogen-bond donors (Lipinski definition) is 1. The molecule has 1 aromatic heterocycles. The molecule has 102 valence electrons. The van der Waals surface area contributed by atoms with Crippen molar-refractivity contribution in [1.82, 2.24) is 15.2 Å². The molecule has 0 aliphatic carbocycles. The van der Waals surface area contributed by atoms with Gasteiger partial charge in [-0.2, -0.15) is 0 Å². The van der Waals surface area contributed by atoms with Crippen LogP contribution in [0, 0.1) is 0 Å². The minimum Gasteiger partial charge on any atom is -0.443 e. The van der Waals surface area contributed by atoms with Crippen molar-refractivity contribution in [3.63, 3.8) is 0 Å². The third-order valence-corrected chi connectivity index (χ3v) is 4.02. The number of rotatable bonds is 4. The molecule has 3 rings (SSSR count). The number of benzene rings is 1. The highest BCUT2D eigenvalue weighted by Crippen LogP contribution is 2.17. The first kappa shape index (κ1) is 12.6. The van der Waals surface area contributed by atoms with Gasteiger partial charge in [-0.25, -0.2) is 4.98 Å². The lowest BCUT2D eigenvalue weighted by Crippen LogP contribution is -2.47. The van der Waals surface area contributed by atoms with E-state index < -0.39 is 0 Å². The monoisotopic (exact) mass is 259 g/mol. The number of piperazine rings is 1. The average Bonchev–Trinajstić information content (AvgIpc) is 2.93. The van der Waals surface area contributed by atoms with Gasteiger partial charge in [0.1, 0.15) is 5.52 Å². The second-order valence-electron chi connectivity index (χ2n) is 5.33. The van der Waals surface area contributed by atoms with E-state index in [1.165, 1.54) is 31.5 Å². The van der Waals surface area contributed by atoms with E-state index in [0.717, 1.165) is 30.6 Å². The summed E-state index contributed by atoms with van der Waals surface area (Å²) >= 11 is 0. The van der Waals surface area contributed by atoms with Crippen molar-refractivity contribution in [2.75, 3.05) is 26.2 Å². The van der Waals surface area contributed by atoms with Crippen LogP contribution in [-0.4, -0.2) is 42.1 Å². The van der Waals surface area contributed by atoms with Gasteiger partial charge in [-0.1, -0.05) is 6.07 Å². The Balaban J connectivity index is 1.58. The van der Waals surface area contributed by atoms with Crippen molar-refractivity contribution in [3.05, 3.63) is 30.2 Å². The summed E-state index contributed by atoms with van der Waals surface area (Å²) in [6, 6.07) is 6.97. The van der Waals surface area contributed by atoms with Gasteiger partial charge in [0.05, 0.1) is 0 Å². The van der Waals surface area contributed by atoms with Gasteiger partial charge >= 0.3 is 0 Å². The molecule has 4 heteroatoms. The maximum absolute atomic E-state index is 5.35. The largest absolute Gasteiger partial charge is 0.443 e. The first-order valence-corrected chi connectivity index (χ1v) is 7.10. The van der Waals surface area contributed by atoms with Crippen LogP contribution in [0.3, 0.4) is 0 Å². The number of aromatic nitrogens is 1. The number of nitrogens with zero attached hydrogens (tertiary/aromatic N) is 2. The predicted octanol–water partition coefficient (Wildman–Crippen LogP) is 2.05. The topological polar surface area (TPSA) is 41.3 Å². The van der Waals surface area contributed by atoms with Gasteiger partial charge in [-0.15, -0.1) is 0 Å². The number of oxazole rings is 1. The lowest BCUT2D eigenvalue weighted by molar-refractivity contribution is 0.177. The summed E-state index contributed by atoms with van der Waals surface area (Å²) in [5.74, 6) is 0. The summed E-state index contributed by atoms with van der Waals surface area (Å²) in [5.41, 5.74) is 3.18. The van der Waals surface area contributed by atoms with Crippen LogP contribution in [-0.2, 0) is 6.42 Å². The molecule has 1 saturated heterocycles. The number of aryl methyl sites for hydroxylation is 1. The number of hydrogen-bond acceptors (Lipinski definition) is 4. The van der Waals surface area contributed by atoms with E-state index in [0.29, 0.717) is 6.04 Å². The molecule has 0 bridgehead atoms. The van der Waals surface area contributed by atoms with Crippen LogP contribution in [0.4, 0.5) is 0 Å². The molecule has 1 aliphatic heterocycles. The van der Waals surface area contributed by atoms with Gasteiger partial charge in [0.15, 0.2) is 12.0 Å². The summed E-state index contributed by atoms with van der Waals surface area (Å²) in [6.07, 6.45) is 3.80. The van der Waals surface area contributed by atoms with Crippen molar-refractivity contribution in [2.45, 2.75) is 25.8 Å². The Kier molecular flexibility index (Phi) is 3.80. The van der Waals surface area contributed by atoms with Crippen LogP contribution >= 0.6 is 0 Å². The molecule has 0 radical (unpaired) electrons. The molecule has 2 aromatic rings. The van der Waals surface area contributed by atoms with Gasteiger partial charge in [-0.3, -0.25) is 4.90 Å². The van der Waals surface area contributed by atoms with E-state index in [2.05, 4.69) is 34.3 Å². The van der Waals surface area contributed by atoms with Crippen LogP contribution in [0.15, 0.2) is 29.0 Å². The maximum Gasteiger partial charge on any atom is 0.181 e. The molecule has 0 spiro atoms. The molecule has 2 heterocycles. The lowest BCUT2D eigenvalue weighted by Gasteiger charge is -2.32. The quantitative estimate of drug-likeness (QED) is 0.912. The zero-order valence-electron chi connectivity index (χ0n) is 11.4. The van der Waals surface area contributed by atoms with E-state index in [1.54, 1.807) is 0 Å². The third kappa shape index (κ3) is 2.96. The Morgan fingerprint density at radius 3 is 3.05 bits per heavy atom.